The number of amides is 2. The summed E-state index contributed by atoms with van der Waals surface area (Å²) in [4.78, 5) is 27.5. The van der Waals surface area contributed by atoms with E-state index in [9.17, 15) is 9.59 Å². The number of hydrogen-bond donors (Lipinski definition) is 1. The molecule has 0 bridgehead atoms. The van der Waals surface area contributed by atoms with Gasteiger partial charge < -0.3 is 5.73 Å². The lowest BCUT2D eigenvalue weighted by molar-refractivity contribution is -0.145. The number of likely N-dealkylation sites (tertiary alicyclic amines) is 1. The van der Waals surface area contributed by atoms with Gasteiger partial charge in [-0.2, -0.15) is 0 Å². The molecule has 1 fully saturated rings. The summed E-state index contributed by atoms with van der Waals surface area (Å²) in [5, 5.41) is 0. The zero-order valence-corrected chi connectivity index (χ0v) is 12.5. The molecule has 0 spiro atoms. The number of nitrogens with two attached hydrogens (primary N) is 1. The average Bonchev–Trinajstić information content (AvgIpc) is 2.93. The monoisotopic (exact) mass is 289 g/mol. The maximum atomic E-state index is 12.4. The van der Waals surface area contributed by atoms with Gasteiger partial charge in [-0.25, -0.2) is 0 Å². The number of carbonyl (C=O) groups excluding carboxylic acids is 2. The molecule has 0 aliphatic carbocycles. The van der Waals surface area contributed by atoms with Crippen molar-refractivity contribution in [2.75, 3.05) is 26.2 Å². The molecule has 5 nitrogen and oxygen atoms in total. The second-order valence-electron chi connectivity index (χ2n) is 5.50. The molecule has 0 radical (unpaired) electrons. The smallest absolute Gasteiger partial charge is 0.233 e. The molecule has 1 aromatic carbocycles. The zero-order valence-electron chi connectivity index (χ0n) is 12.5. The highest BCUT2D eigenvalue weighted by Crippen LogP contribution is 2.20. The molecule has 1 aliphatic rings. The summed E-state index contributed by atoms with van der Waals surface area (Å²) in [7, 11) is 0. The number of carbonyl (C=O) groups is 2. The van der Waals surface area contributed by atoms with Crippen molar-refractivity contribution in [3.63, 3.8) is 0 Å². The Hall–Kier alpha value is -1.72. The molecule has 1 atom stereocenters. The van der Waals surface area contributed by atoms with E-state index in [2.05, 4.69) is 17.0 Å². The first-order chi connectivity index (χ1) is 10.1. The predicted molar refractivity (Wildman–Crippen MR) is 81.3 cm³/mol. The van der Waals surface area contributed by atoms with Crippen LogP contribution in [0.2, 0.25) is 0 Å². The van der Waals surface area contributed by atoms with Crippen molar-refractivity contribution < 1.29 is 9.59 Å². The Morgan fingerprint density at radius 1 is 1.33 bits per heavy atom. The summed E-state index contributed by atoms with van der Waals surface area (Å²) >= 11 is 0. The highest BCUT2D eigenvalue weighted by atomic mass is 16.2. The maximum absolute atomic E-state index is 12.4. The number of benzene rings is 1. The van der Waals surface area contributed by atoms with E-state index in [4.69, 9.17) is 5.73 Å². The van der Waals surface area contributed by atoms with E-state index >= 15 is 0 Å². The molecule has 1 unspecified atom stereocenters. The van der Waals surface area contributed by atoms with Gasteiger partial charge in [0.15, 0.2) is 0 Å². The van der Waals surface area contributed by atoms with E-state index in [0.29, 0.717) is 19.6 Å². The second-order valence-corrected chi connectivity index (χ2v) is 5.50. The van der Waals surface area contributed by atoms with Crippen LogP contribution in [0.5, 0.6) is 0 Å². The van der Waals surface area contributed by atoms with Gasteiger partial charge in [-0.3, -0.25) is 19.4 Å². The molecular formula is C16H23N3O2. The first kappa shape index (κ1) is 15.7. The molecule has 1 aromatic rings. The predicted octanol–water partition coefficient (Wildman–Crippen LogP) is 0.842. The fourth-order valence-electron chi connectivity index (χ4n) is 2.79. The van der Waals surface area contributed by atoms with E-state index in [-0.39, 0.29) is 17.7 Å². The van der Waals surface area contributed by atoms with E-state index in [1.165, 1.54) is 17.4 Å². The Kier molecular flexibility index (Phi) is 5.47. The minimum absolute atomic E-state index is 0.0801. The van der Waals surface area contributed by atoms with Crippen LogP contribution >= 0.6 is 0 Å². The van der Waals surface area contributed by atoms with Crippen LogP contribution in [0.15, 0.2) is 30.3 Å². The van der Waals surface area contributed by atoms with Crippen molar-refractivity contribution in [3.8, 4) is 0 Å². The van der Waals surface area contributed by atoms with Gasteiger partial charge in [-0.1, -0.05) is 30.3 Å². The molecule has 5 heteroatoms. The van der Waals surface area contributed by atoms with Crippen LogP contribution in [0.4, 0.5) is 0 Å². The van der Waals surface area contributed by atoms with Gasteiger partial charge in [0, 0.05) is 33.1 Å². The summed E-state index contributed by atoms with van der Waals surface area (Å²) in [5.41, 5.74) is 6.72. The minimum Gasteiger partial charge on any atom is -0.329 e. The average molecular weight is 289 g/mol. The lowest BCUT2D eigenvalue weighted by Gasteiger charge is -2.22. The van der Waals surface area contributed by atoms with Gasteiger partial charge in [0.1, 0.15) is 0 Å². The summed E-state index contributed by atoms with van der Waals surface area (Å²) < 4.78 is 0. The normalized spacial score (nSPS) is 18.7. The Morgan fingerprint density at radius 2 is 2.05 bits per heavy atom. The van der Waals surface area contributed by atoms with Crippen LogP contribution < -0.4 is 5.73 Å². The highest BCUT2D eigenvalue weighted by Gasteiger charge is 2.32. The molecular weight excluding hydrogens is 266 g/mol. The van der Waals surface area contributed by atoms with E-state index in [0.717, 1.165) is 19.5 Å². The Bertz CT molecular complexity index is 490. The quantitative estimate of drug-likeness (QED) is 0.872. The van der Waals surface area contributed by atoms with Gasteiger partial charge in [0.25, 0.3) is 0 Å². The SMILES string of the molecule is CC(=O)N(CCN)C(=O)C1CCN(Cc2ccccc2)C1. The van der Waals surface area contributed by atoms with Crippen molar-refractivity contribution in [2.45, 2.75) is 19.9 Å². The largest absolute Gasteiger partial charge is 0.329 e. The molecule has 1 saturated heterocycles. The van der Waals surface area contributed by atoms with Crippen LogP contribution in [0.25, 0.3) is 0 Å². The third kappa shape index (κ3) is 4.12. The Morgan fingerprint density at radius 3 is 2.67 bits per heavy atom. The molecule has 2 amide bonds. The number of imide groups is 1. The molecule has 2 rings (SSSR count). The third-order valence-corrected chi connectivity index (χ3v) is 3.87. The minimum atomic E-state index is -0.216. The van der Waals surface area contributed by atoms with Crippen LogP contribution in [0.3, 0.4) is 0 Å². The molecule has 0 saturated carbocycles. The molecule has 0 aromatic heterocycles. The van der Waals surface area contributed by atoms with Gasteiger partial charge >= 0.3 is 0 Å². The Balaban J connectivity index is 1.92. The first-order valence-electron chi connectivity index (χ1n) is 7.40. The molecule has 21 heavy (non-hydrogen) atoms. The lowest BCUT2D eigenvalue weighted by Crippen LogP contribution is -2.43. The van der Waals surface area contributed by atoms with E-state index in [1.54, 1.807) is 0 Å². The summed E-state index contributed by atoms with van der Waals surface area (Å²) in [5.74, 6) is -0.389. The van der Waals surface area contributed by atoms with E-state index in [1.807, 2.05) is 18.2 Å². The third-order valence-electron chi connectivity index (χ3n) is 3.87. The molecule has 114 valence electrons. The summed E-state index contributed by atoms with van der Waals surface area (Å²) in [6.45, 7) is 4.49. The van der Waals surface area contributed by atoms with Crippen molar-refractivity contribution in [1.82, 2.24) is 9.80 Å². The fraction of sp³-hybridized carbons (Fsp3) is 0.500. The highest BCUT2D eigenvalue weighted by molar-refractivity contribution is 5.95. The van der Waals surface area contributed by atoms with Crippen LogP contribution in [0.1, 0.15) is 18.9 Å². The number of nitrogens with zero attached hydrogens (tertiary/aromatic N) is 2. The Labute approximate surface area is 125 Å². The topological polar surface area (TPSA) is 66.6 Å². The van der Waals surface area contributed by atoms with Gasteiger partial charge in [-0.15, -0.1) is 0 Å². The molecule has 1 aliphatic heterocycles. The van der Waals surface area contributed by atoms with Gasteiger partial charge in [-0.05, 0) is 18.5 Å². The maximum Gasteiger partial charge on any atom is 0.233 e. The van der Waals surface area contributed by atoms with E-state index < -0.39 is 0 Å². The molecule has 2 N–H and O–H groups in total. The fourth-order valence-corrected chi connectivity index (χ4v) is 2.79. The standard InChI is InChI=1S/C16H23N3O2/c1-13(20)19(10-8-17)16(21)15-7-9-18(12-15)11-14-5-3-2-4-6-14/h2-6,15H,7-12,17H2,1H3. The van der Waals surface area contributed by atoms with Crippen molar-refractivity contribution in [1.29, 1.82) is 0 Å². The van der Waals surface area contributed by atoms with Crippen LogP contribution in [-0.4, -0.2) is 47.8 Å². The zero-order chi connectivity index (χ0) is 15.2. The number of rotatable bonds is 5. The molecule has 1 heterocycles. The van der Waals surface area contributed by atoms with Crippen LogP contribution in [0, 0.1) is 5.92 Å². The first-order valence-corrected chi connectivity index (χ1v) is 7.40. The van der Waals surface area contributed by atoms with Gasteiger partial charge in [0.2, 0.25) is 11.8 Å². The van der Waals surface area contributed by atoms with Crippen molar-refractivity contribution in [3.05, 3.63) is 35.9 Å². The second kappa shape index (κ2) is 7.33. The summed E-state index contributed by atoms with van der Waals surface area (Å²) in [6.07, 6.45) is 0.806. The number of hydrogen-bond acceptors (Lipinski definition) is 4. The van der Waals surface area contributed by atoms with Crippen molar-refractivity contribution >= 4 is 11.8 Å². The van der Waals surface area contributed by atoms with Crippen LogP contribution in [-0.2, 0) is 16.1 Å². The van der Waals surface area contributed by atoms with Gasteiger partial charge in [0.05, 0.1) is 5.92 Å². The summed E-state index contributed by atoms with van der Waals surface area (Å²) in [6, 6.07) is 10.2. The lowest BCUT2D eigenvalue weighted by atomic mass is 10.1. The van der Waals surface area contributed by atoms with Crippen molar-refractivity contribution in [2.24, 2.45) is 11.7 Å².